The second-order valence-corrected chi connectivity index (χ2v) is 5.22. The lowest BCUT2D eigenvalue weighted by Crippen LogP contribution is -2.11. The van der Waals surface area contributed by atoms with Crippen LogP contribution >= 0.6 is 0 Å². The van der Waals surface area contributed by atoms with Gasteiger partial charge in [-0.3, -0.25) is 4.98 Å². The summed E-state index contributed by atoms with van der Waals surface area (Å²) in [6.07, 6.45) is 7.16. The monoisotopic (exact) mass is 283 g/mol. The van der Waals surface area contributed by atoms with Gasteiger partial charge in [0.25, 0.3) is 0 Å². The SMILES string of the molecule is CC(C)c1nccn1[C@H](C)c1nc(-c2ccncc2)no1. The first-order valence-corrected chi connectivity index (χ1v) is 6.93. The highest BCUT2D eigenvalue weighted by atomic mass is 16.5. The van der Waals surface area contributed by atoms with Crippen molar-refractivity contribution in [1.29, 1.82) is 0 Å². The quantitative estimate of drug-likeness (QED) is 0.736. The molecule has 0 saturated carbocycles. The molecule has 0 bridgehead atoms. The lowest BCUT2D eigenvalue weighted by Gasteiger charge is -2.14. The fourth-order valence-corrected chi connectivity index (χ4v) is 2.24. The topological polar surface area (TPSA) is 69.6 Å². The van der Waals surface area contributed by atoms with Crippen LogP contribution in [0.1, 0.15) is 44.4 Å². The van der Waals surface area contributed by atoms with Crippen LogP contribution in [0.2, 0.25) is 0 Å². The Bertz CT molecular complexity index is 717. The van der Waals surface area contributed by atoms with Gasteiger partial charge in [-0.05, 0) is 19.1 Å². The molecule has 3 heterocycles. The molecule has 0 N–H and O–H groups in total. The van der Waals surface area contributed by atoms with Crippen molar-refractivity contribution >= 4 is 0 Å². The van der Waals surface area contributed by atoms with Gasteiger partial charge in [-0.2, -0.15) is 4.98 Å². The van der Waals surface area contributed by atoms with Crippen LogP contribution in [0.15, 0.2) is 41.4 Å². The predicted octanol–water partition coefficient (Wildman–Crippen LogP) is 3.06. The molecule has 0 aliphatic rings. The second-order valence-electron chi connectivity index (χ2n) is 5.22. The van der Waals surface area contributed by atoms with Crippen molar-refractivity contribution in [3.05, 3.63) is 48.6 Å². The Morgan fingerprint density at radius 2 is 1.86 bits per heavy atom. The van der Waals surface area contributed by atoms with Crippen molar-refractivity contribution in [3.63, 3.8) is 0 Å². The van der Waals surface area contributed by atoms with Gasteiger partial charge in [0.15, 0.2) is 0 Å². The number of hydrogen-bond donors (Lipinski definition) is 0. The van der Waals surface area contributed by atoms with E-state index in [1.807, 2.05) is 25.3 Å². The van der Waals surface area contributed by atoms with Gasteiger partial charge >= 0.3 is 0 Å². The van der Waals surface area contributed by atoms with E-state index in [-0.39, 0.29) is 6.04 Å². The minimum Gasteiger partial charge on any atom is -0.337 e. The Morgan fingerprint density at radius 3 is 2.57 bits per heavy atom. The maximum atomic E-state index is 5.41. The molecule has 21 heavy (non-hydrogen) atoms. The van der Waals surface area contributed by atoms with Crippen molar-refractivity contribution in [2.75, 3.05) is 0 Å². The third-order valence-corrected chi connectivity index (χ3v) is 3.37. The molecule has 0 saturated heterocycles. The average Bonchev–Trinajstić information content (AvgIpc) is 3.17. The summed E-state index contributed by atoms with van der Waals surface area (Å²) >= 11 is 0. The summed E-state index contributed by atoms with van der Waals surface area (Å²) in [5, 5.41) is 4.04. The van der Waals surface area contributed by atoms with E-state index in [2.05, 4.69) is 38.5 Å². The first kappa shape index (κ1) is 13.5. The molecule has 108 valence electrons. The van der Waals surface area contributed by atoms with Crippen LogP contribution in [0.4, 0.5) is 0 Å². The van der Waals surface area contributed by atoms with E-state index in [4.69, 9.17) is 4.52 Å². The Balaban J connectivity index is 1.91. The van der Waals surface area contributed by atoms with Crippen LogP contribution in [0.3, 0.4) is 0 Å². The molecular weight excluding hydrogens is 266 g/mol. The van der Waals surface area contributed by atoms with Gasteiger partial charge in [0.2, 0.25) is 11.7 Å². The second kappa shape index (κ2) is 5.47. The summed E-state index contributed by atoms with van der Waals surface area (Å²) in [6.45, 7) is 6.25. The number of rotatable bonds is 4. The number of nitrogens with zero attached hydrogens (tertiary/aromatic N) is 5. The Morgan fingerprint density at radius 1 is 1.10 bits per heavy atom. The molecule has 1 atom stereocenters. The normalized spacial score (nSPS) is 12.8. The minimum atomic E-state index is -0.0482. The predicted molar refractivity (Wildman–Crippen MR) is 77.7 cm³/mol. The van der Waals surface area contributed by atoms with Gasteiger partial charge in [-0.25, -0.2) is 4.98 Å². The fraction of sp³-hybridized carbons (Fsp3) is 0.333. The van der Waals surface area contributed by atoms with Crippen LogP contribution in [-0.2, 0) is 0 Å². The van der Waals surface area contributed by atoms with E-state index in [0.717, 1.165) is 11.4 Å². The lowest BCUT2D eigenvalue weighted by molar-refractivity contribution is 0.342. The van der Waals surface area contributed by atoms with E-state index in [0.29, 0.717) is 17.6 Å². The molecule has 0 aliphatic carbocycles. The van der Waals surface area contributed by atoms with Crippen LogP contribution in [0, 0.1) is 0 Å². The third kappa shape index (κ3) is 2.56. The molecule has 3 aromatic heterocycles. The standard InChI is InChI=1S/C15H17N5O/c1-10(2)14-17-8-9-20(14)11(3)15-18-13(19-21-15)12-4-6-16-7-5-12/h4-11H,1-3H3/t11-/m1/s1. The summed E-state index contributed by atoms with van der Waals surface area (Å²) in [7, 11) is 0. The lowest BCUT2D eigenvalue weighted by atomic mass is 10.2. The first-order valence-electron chi connectivity index (χ1n) is 6.93. The molecule has 0 fully saturated rings. The summed E-state index contributed by atoms with van der Waals surface area (Å²) in [4.78, 5) is 12.9. The van der Waals surface area contributed by atoms with Gasteiger partial charge in [-0.15, -0.1) is 0 Å². The largest absolute Gasteiger partial charge is 0.337 e. The molecule has 0 unspecified atom stereocenters. The number of aromatic nitrogens is 5. The molecule has 3 aromatic rings. The summed E-state index contributed by atoms with van der Waals surface area (Å²) < 4.78 is 7.47. The molecule has 0 radical (unpaired) electrons. The van der Waals surface area contributed by atoms with E-state index in [1.165, 1.54) is 0 Å². The van der Waals surface area contributed by atoms with Gasteiger partial charge in [0.05, 0.1) is 0 Å². The van der Waals surface area contributed by atoms with E-state index in [9.17, 15) is 0 Å². The molecular formula is C15H17N5O. The first-order chi connectivity index (χ1) is 10.2. The molecule has 0 aromatic carbocycles. The zero-order valence-corrected chi connectivity index (χ0v) is 12.3. The van der Waals surface area contributed by atoms with Crippen molar-refractivity contribution in [1.82, 2.24) is 24.7 Å². The van der Waals surface area contributed by atoms with Crippen LogP contribution in [0.5, 0.6) is 0 Å². The van der Waals surface area contributed by atoms with Gasteiger partial charge < -0.3 is 9.09 Å². The maximum Gasteiger partial charge on any atom is 0.249 e. The average molecular weight is 283 g/mol. The van der Waals surface area contributed by atoms with Crippen molar-refractivity contribution < 1.29 is 4.52 Å². The Hall–Kier alpha value is -2.50. The minimum absolute atomic E-state index is 0.0482. The number of imidazole rings is 1. The summed E-state index contributed by atoms with van der Waals surface area (Å²) in [5.41, 5.74) is 0.891. The summed E-state index contributed by atoms with van der Waals surface area (Å²) in [6, 6.07) is 3.67. The Labute approximate surface area is 122 Å². The highest BCUT2D eigenvalue weighted by Gasteiger charge is 2.20. The molecule has 0 aliphatic heterocycles. The number of hydrogen-bond acceptors (Lipinski definition) is 5. The zero-order chi connectivity index (χ0) is 14.8. The van der Waals surface area contributed by atoms with Crippen LogP contribution in [-0.4, -0.2) is 24.7 Å². The third-order valence-electron chi connectivity index (χ3n) is 3.37. The molecule has 6 nitrogen and oxygen atoms in total. The number of pyridine rings is 1. The smallest absolute Gasteiger partial charge is 0.249 e. The van der Waals surface area contributed by atoms with Crippen molar-refractivity contribution in [3.8, 4) is 11.4 Å². The van der Waals surface area contributed by atoms with Crippen LogP contribution in [0.25, 0.3) is 11.4 Å². The van der Waals surface area contributed by atoms with Crippen molar-refractivity contribution in [2.24, 2.45) is 0 Å². The van der Waals surface area contributed by atoms with Crippen molar-refractivity contribution in [2.45, 2.75) is 32.7 Å². The highest BCUT2D eigenvalue weighted by molar-refractivity contribution is 5.52. The van der Waals surface area contributed by atoms with Gasteiger partial charge in [-0.1, -0.05) is 19.0 Å². The molecule has 6 heteroatoms. The van der Waals surface area contributed by atoms with Gasteiger partial charge in [0, 0.05) is 36.3 Å². The van der Waals surface area contributed by atoms with Crippen LogP contribution < -0.4 is 0 Å². The molecule has 3 rings (SSSR count). The summed E-state index contributed by atoms with van der Waals surface area (Å²) in [5.74, 6) is 2.49. The maximum absolute atomic E-state index is 5.41. The Kier molecular flexibility index (Phi) is 3.51. The van der Waals surface area contributed by atoms with E-state index in [1.54, 1.807) is 18.6 Å². The van der Waals surface area contributed by atoms with E-state index >= 15 is 0 Å². The highest BCUT2D eigenvalue weighted by Crippen LogP contribution is 2.24. The van der Waals surface area contributed by atoms with Gasteiger partial charge in [0.1, 0.15) is 11.9 Å². The van der Waals surface area contributed by atoms with E-state index < -0.39 is 0 Å². The fourth-order valence-electron chi connectivity index (χ4n) is 2.24. The zero-order valence-electron chi connectivity index (χ0n) is 12.3. The molecule has 0 amide bonds. The molecule has 0 spiro atoms.